The van der Waals surface area contributed by atoms with E-state index in [1.807, 2.05) is 0 Å². The molecule has 0 heterocycles. The second kappa shape index (κ2) is 16.8. The molecule has 0 saturated carbocycles. The highest BCUT2D eigenvalue weighted by atomic mass is 32.2. The quantitative estimate of drug-likeness (QED) is 0.133. The van der Waals surface area contributed by atoms with Crippen LogP contribution in [0.5, 0.6) is 0 Å². The van der Waals surface area contributed by atoms with Gasteiger partial charge in [0, 0.05) is 6.42 Å². The summed E-state index contributed by atoms with van der Waals surface area (Å²) in [6, 6.07) is 0. The number of alkyl halides is 3. The number of unbranched alkanes of at least 4 members (excludes halogenated alkanes) is 14. The summed E-state index contributed by atoms with van der Waals surface area (Å²) in [7, 11) is -4.90. The zero-order chi connectivity index (χ0) is 22.9. The van der Waals surface area contributed by atoms with Gasteiger partial charge in [0.05, 0.1) is 0 Å². The largest absolute Gasteiger partial charge is 0.451 e. The summed E-state index contributed by atoms with van der Waals surface area (Å²) in [5.74, 6) is -2.78. The highest BCUT2D eigenvalue weighted by Gasteiger charge is 2.45. The van der Waals surface area contributed by atoms with Crippen LogP contribution in [0.15, 0.2) is 0 Å². The van der Waals surface area contributed by atoms with Crippen molar-refractivity contribution in [3.8, 4) is 0 Å². The number of hydrogen-bond donors (Lipinski definition) is 1. The van der Waals surface area contributed by atoms with Crippen molar-refractivity contribution in [3.63, 3.8) is 0 Å². The maximum atomic E-state index is 12.7. The van der Waals surface area contributed by atoms with Gasteiger partial charge in [-0.3, -0.25) is 9.35 Å². The Morgan fingerprint density at radius 1 is 0.800 bits per heavy atom. The van der Waals surface area contributed by atoms with E-state index in [0.29, 0.717) is 12.8 Å². The Labute approximate surface area is 179 Å². The molecule has 1 atom stereocenters. The first-order valence-electron chi connectivity index (χ1n) is 11.3. The van der Waals surface area contributed by atoms with Gasteiger partial charge in [0.25, 0.3) is 10.1 Å². The minimum atomic E-state index is -5.04. The van der Waals surface area contributed by atoms with Crippen LogP contribution >= 0.6 is 0 Å². The molecule has 0 amide bonds. The van der Waals surface area contributed by atoms with Crippen molar-refractivity contribution in [1.82, 2.24) is 0 Å². The second-order valence-electron chi connectivity index (χ2n) is 7.97. The Morgan fingerprint density at radius 3 is 1.50 bits per heavy atom. The van der Waals surface area contributed by atoms with Crippen molar-refractivity contribution < 1.29 is 35.7 Å². The van der Waals surface area contributed by atoms with Gasteiger partial charge < -0.3 is 4.74 Å². The van der Waals surface area contributed by atoms with E-state index in [0.717, 1.165) is 19.3 Å². The molecule has 5 nitrogen and oxygen atoms in total. The number of hydrogen-bond acceptors (Lipinski definition) is 4. The van der Waals surface area contributed by atoms with E-state index in [-0.39, 0.29) is 6.42 Å². The summed E-state index contributed by atoms with van der Waals surface area (Å²) in [6.07, 6.45) is 9.01. The molecule has 0 saturated heterocycles. The summed E-state index contributed by atoms with van der Waals surface area (Å²) in [5, 5.41) is 0. The van der Waals surface area contributed by atoms with Crippen molar-refractivity contribution in [3.05, 3.63) is 0 Å². The SMILES string of the molecule is CCCCCCCCCCCCCCCCCC(=O)OC(CS(=O)(=O)O)C(F)(F)F. The number of esters is 1. The fourth-order valence-electron chi connectivity index (χ4n) is 3.24. The Kier molecular flexibility index (Phi) is 16.3. The molecular weight excluding hydrogens is 421 g/mol. The minimum Gasteiger partial charge on any atom is -0.451 e. The first-order valence-corrected chi connectivity index (χ1v) is 12.9. The van der Waals surface area contributed by atoms with Gasteiger partial charge in [-0.05, 0) is 6.42 Å². The monoisotopic (exact) mass is 460 g/mol. The lowest BCUT2D eigenvalue weighted by molar-refractivity contribution is -0.215. The van der Waals surface area contributed by atoms with Gasteiger partial charge in [0.1, 0.15) is 5.75 Å². The maximum Gasteiger partial charge on any atom is 0.426 e. The predicted molar refractivity (Wildman–Crippen MR) is 112 cm³/mol. The molecule has 0 fully saturated rings. The molecule has 30 heavy (non-hydrogen) atoms. The molecule has 180 valence electrons. The molecule has 9 heteroatoms. The fraction of sp³-hybridized carbons (Fsp3) is 0.952. The van der Waals surface area contributed by atoms with Gasteiger partial charge >= 0.3 is 12.1 Å². The summed E-state index contributed by atoms with van der Waals surface area (Å²) < 4.78 is 72.1. The topological polar surface area (TPSA) is 80.7 Å². The van der Waals surface area contributed by atoms with E-state index >= 15 is 0 Å². The van der Waals surface area contributed by atoms with Crippen LogP contribution in [-0.2, 0) is 19.6 Å². The highest BCUT2D eigenvalue weighted by Crippen LogP contribution is 2.25. The fourth-order valence-corrected chi connectivity index (χ4v) is 3.88. The molecule has 1 N–H and O–H groups in total. The van der Waals surface area contributed by atoms with Gasteiger partial charge in [-0.15, -0.1) is 0 Å². The summed E-state index contributed by atoms with van der Waals surface area (Å²) >= 11 is 0. The lowest BCUT2D eigenvalue weighted by Crippen LogP contribution is -2.39. The molecule has 0 aromatic carbocycles. The second-order valence-corrected chi connectivity index (χ2v) is 9.47. The van der Waals surface area contributed by atoms with E-state index in [2.05, 4.69) is 11.7 Å². The van der Waals surface area contributed by atoms with Crippen LogP contribution < -0.4 is 0 Å². The van der Waals surface area contributed by atoms with Gasteiger partial charge in [0.15, 0.2) is 0 Å². The zero-order valence-electron chi connectivity index (χ0n) is 18.2. The number of halogens is 3. The average Bonchev–Trinajstić information content (AvgIpc) is 2.62. The predicted octanol–water partition coefficient (Wildman–Crippen LogP) is 6.61. The number of carbonyl (C=O) groups excluding carboxylic acids is 1. The van der Waals surface area contributed by atoms with Gasteiger partial charge in [-0.1, -0.05) is 96.8 Å². The van der Waals surface area contributed by atoms with E-state index < -0.39 is 34.1 Å². The number of ether oxygens (including phenoxy) is 1. The van der Waals surface area contributed by atoms with Crippen molar-refractivity contribution in [2.24, 2.45) is 0 Å². The molecule has 0 spiro atoms. The molecule has 0 aromatic heterocycles. The lowest BCUT2D eigenvalue weighted by atomic mass is 10.0. The van der Waals surface area contributed by atoms with Gasteiger partial charge in [-0.2, -0.15) is 21.6 Å². The molecular formula is C21H39F3O5S. The van der Waals surface area contributed by atoms with Gasteiger partial charge in [-0.25, -0.2) is 0 Å². The average molecular weight is 461 g/mol. The minimum absolute atomic E-state index is 0.198. The van der Waals surface area contributed by atoms with Crippen molar-refractivity contribution >= 4 is 16.1 Å². The molecule has 0 aliphatic heterocycles. The zero-order valence-corrected chi connectivity index (χ0v) is 19.0. The first kappa shape index (κ1) is 29.2. The van der Waals surface area contributed by atoms with Crippen LogP contribution in [0.25, 0.3) is 0 Å². The Bertz CT molecular complexity index is 535. The normalized spacial score (nSPS) is 13.4. The molecule has 0 rings (SSSR count). The van der Waals surface area contributed by atoms with E-state index in [1.54, 1.807) is 0 Å². The Balaban J connectivity index is 3.62. The summed E-state index contributed by atoms with van der Waals surface area (Å²) in [6.45, 7) is 2.22. The molecule has 0 aromatic rings. The van der Waals surface area contributed by atoms with E-state index in [4.69, 9.17) is 4.55 Å². The van der Waals surface area contributed by atoms with E-state index in [9.17, 15) is 26.4 Å². The number of carbonyl (C=O) groups is 1. The Hall–Kier alpha value is -0.830. The van der Waals surface area contributed by atoms with Crippen LogP contribution in [0.3, 0.4) is 0 Å². The lowest BCUT2D eigenvalue weighted by Gasteiger charge is -2.19. The molecule has 0 bridgehead atoms. The van der Waals surface area contributed by atoms with Crippen LogP contribution in [-0.4, -0.2) is 37.0 Å². The van der Waals surface area contributed by atoms with Crippen LogP contribution in [0.2, 0.25) is 0 Å². The number of rotatable bonds is 19. The summed E-state index contributed by atoms with van der Waals surface area (Å²) in [5.41, 5.74) is 0. The Morgan fingerprint density at radius 2 is 1.17 bits per heavy atom. The third-order valence-electron chi connectivity index (χ3n) is 4.99. The van der Waals surface area contributed by atoms with Crippen LogP contribution in [0, 0.1) is 0 Å². The highest BCUT2D eigenvalue weighted by molar-refractivity contribution is 7.85. The van der Waals surface area contributed by atoms with Crippen molar-refractivity contribution in [2.75, 3.05) is 5.75 Å². The molecule has 0 aliphatic carbocycles. The van der Waals surface area contributed by atoms with Crippen LogP contribution in [0.4, 0.5) is 13.2 Å². The summed E-state index contributed by atoms with van der Waals surface area (Å²) in [4.78, 5) is 11.5. The first-order chi connectivity index (χ1) is 14.1. The maximum absolute atomic E-state index is 12.7. The van der Waals surface area contributed by atoms with Gasteiger partial charge in [0.2, 0.25) is 6.10 Å². The molecule has 0 radical (unpaired) electrons. The van der Waals surface area contributed by atoms with Crippen molar-refractivity contribution in [2.45, 2.75) is 122 Å². The molecule has 0 aliphatic rings. The third-order valence-corrected chi connectivity index (χ3v) is 5.71. The van der Waals surface area contributed by atoms with Crippen LogP contribution in [0.1, 0.15) is 110 Å². The van der Waals surface area contributed by atoms with Crippen molar-refractivity contribution in [1.29, 1.82) is 0 Å². The smallest absolute Gasteiger partial charge is 0.426 e. The van der Waals surface area contributed by atoms with E-state index in [1.165, 1.54) is 64.2 Å². The third kappa shape index (κ3) is 19.2. The molecule has 1 unspecified atom stereocenters. The standard InChI is InChI=1S/C21H39F3O5S/c1-2-3-4-5-6-7-8-9-10-11-12-13-14-15-16-17-20(25)29-19(21(22,23)24)18-30(26,27)28/h19H,2-18H2,1H3,(H,26,27,28).